The highest BCUT2D eigenvalue weighted by atomic mass is 79.9. The Morgan fingerprint density at radius 3 is 2.35 bits per heavy atom. The molecule has 0 bridgehead atoms. The molecule has 1 saturated carbocycles. The van der Waals surface area contributed by atoms with E-state index in [1.165, 1.54) is 11.8 Å². The van der Waals surface area contributed by atoms with Crippen molar-refractivity contribution in [3.63, 3.8) is 0 Å². The summed E-state index contributed by atoms with van der Waals surface area (Å²) in [5.41, 5.74) is 1.00. The van der Waals surface area contributed by atoms with Crippen molar-refractivity contribution in [2.75, 3.05) is 22.9 Å². The molecule has 2 aliphatic rings. The summed E-state index contributed by atoms with van der Waals surface area (Å²) in [7, 11) is -4.35. The number of carbonyl (C=O) groups excluding carboxylic acids is 1. The van der Waals surface area contributed by atoms with Crippen LogP contribution in [-0.2, 0) is 10.1 Å². The van der Waals surface area contributed by atoms with Crippen molar-refractivity contribution in [3.8, 4) is 0 Å². The molecule has 2 aromatic rings. The molecular weight excluding hydrogens is 442 g/mol. The third-order valence-corrected chi connectivity index (χ3v) is 7.90. The molecule has 1 aromatic carbocycles. The van der Waals surface area contributed by atoms with E-state index >= 15 is 0 Å². The van der Waals surface area contributed by atoms with Crippen LogP contribution in [-0.4, -0.2) is 37.1 Å². The van der Waals surface area contributed by atoms with E-state index in [-0.39, 0.29) is 21.3 Å². The van der Waals surface area contributed by atoms with Crippen LogP contribution in [0.15, 0.2) is 32.9 Å². The largest absolute Gasteiger partial charge is 0.330 e. The number of urea groups is 1. The lowest BCUT2D eigenvalue weighted by Crippen LogP contribution is -2.55. The molecule has 1 aliphatic carbocycles. The van der Waals surface area contributed by atoms with Gasteiger partial charge >= 0.3 is 16.1 Å². The van der Waals surface area contributed by atoms with Crippen LogP contribution >= 0.6 is 27.3 Å². The second-order valence-electron chi connectivity index (χ2n) is 6.78. The number of nitrogens with zero attached hydrogens (tertiary/aromatic N) is 3. The number of hydrogen-bond acceptors (Lipinski definition) is 5. The lowest BCUT2D eigenvalue weighted by Gasteiger charge is -2.39. The minimum Gasteiger partial charge on any atom is -0.293 e. The van der Waals surface area contributed by atoms with Crippen molar-refractivity contribution < 1.29 is 17.8 Å². The van der Waals surface area contributed by atoms with E-state index < -0.39 is 10.1 Å². The Morgan fingerprint density at radius 2 is 1.81 bits per heavy atom. The Bertz CT molecular complexity index is 983. The predicted octanol–water partition coefficient (Wildman–Crippen LogP) is 3.69. The van der Waals surface area contributed by atoms with Crippen LogP contribution in [0.2, 0.25) is 0 Å². The van der Waals surface area contributed by atoms with Crippen LogP contribution in [0.3, 0.4) is 0 Å². The molecule has 1 saturated heterocycles. The molecule has 138 valence electrons. The number of hydrogen-bond donors (Lipinski definition) is 1. The summed E-state index contributed by atoms with van der Waals surface area (Å²) in [5.74, 6) is 0. The molecule has 0 radical (unpaired) electrons. The third kappa shape index (κ3) is 3.15. The van der Waals surface area contributed by atoms with Crippen LogP contribution in [0.1, 0.15) is 18.5 Å². The molecule has 26 heavy (non-hydrogen) atoms. The second kappa shape index (κ2) is 6.01. The Kier molecular flexibility index (Phi) is 4.14. The van der Waals surface area contributed by atoms with Crippen molar-refractivity contribution in [3.05, 3.63) is 34.4 Å². The zero-order valence-electron chi connectivity index (χ0n) is 13.8. The first-order valence-corrected chi connectivity index (χ1v) is 11.0. The average Bonchev–Trinajstić information content (AvgIpc) is 3.20. The molecule has 1 aromatic heterocycles. The molecule has 1 aliphatic heterocycles. The van der Waals surface area contributed by atoms with Gasteiger partial charge < -0.3 is 0 Å². The van der Waals surface area contributed by atoms with E-state index in [4.69, 9.17) is 0 Å². The molecule has 2 amide bonds. The van der Waals surface area contributed by atoms with Crippen molar-refractivity contribution in [2.45, 2.75) is 24.0 Å². The van der Waals surface area contributed by atoms with Crippen molar-refractivity contribution in [1.29, 1.82) is 0 Å². The smallest absolute Gasteiger partial charge is 0.293 e. The molecule has 2 fully saturated rings. The van der Waals surface area contributed by atoms with Gasteiger partial charge in [-0.1, -0.05) is 27.3 Å². The maximum Gasteiger partial charge on any atom is 0.330 e. The van der Waals surface area contributed by atoms with Gasteiger partial charge in [0.2, 0.25) is 0 Å². The zero-order valence-corrected chi connectivity index (χ0v) is 17.1. The average molecular weight is 458 g/mol. The van der Waals surface area contributed by atoms with Gasteiger partial charge in [0.1, 0.15) is 0 Å². The summed E-state index contributed by atoms with van der Waals surface area (Å²) in [6.07, 6.45) is 2.03. The van der Waals surface area contributed by atoms with Gasteiger partial charge in [-0.25, -0.2) is 9.78 Å². The molecule has 7 nitrogen and oxygen atoms in total. The number of amides is 2. The zero-order chi connectivity index (χ0) is 18.7. The first kappa shape index (κ1) is 17.9. The fourth-order valence-electron chi connectivity index (χ4n) is 3.19. The molecular formula is C16H16BrN3O4S2. The van der Waals surface area contributed by atoms with Gasteiger partial charge in [-0.05, 0) is 44.0 Å². The van der Waals surface area contributed by atoms with Gasteiger partial charge in [0, 0.05) is 28.7 Å². The maximum atomic E-state index is 13.1. The Hall–Kier alpha value is -1.49. The van der Waals surface area contributed by atoms with Gasteiger partial charge in [0.05, 0.1) is 5.69 Å². The summed E-state index contributed by atoms with van der Waals surface area (Å²) in [5, 5.41) is 0.299. The van der Waals surface area contributed by atoms with E-state index in [2.05, 4.69) is 20.9 Å². The van der Waals surface area contributed by atoms with E-state index in [1.807, 2.05) is 24.3 Å². The third-order valence-electron chi connectivity index (χ3n) is 4.75. The first-order valence-electron chi connectivity index (χ1n) is 7.98. The standard InChI is InChI=1S/C16H16BrN3O4S2/c1-10-13(26(22,23)24)25-14(18-10)20-9-16(6-7-16)8-19(15(20)21)12-4-2-11(17)3-5-12/h2-5H,6-9H2,1H3,(H,22,23,24). The normalized spacial score (nSPS) is 19.3. The van der Waals surface area contributed by atoms with Gasteiger partial charge in [-0.15, -0.1) is 0 Å². The van der Waals surface area contributed by atoms with Crippen molar-refractivity contribution in [1.82, 2.24) is 4.98 Å². The van der Waals surface area contributed by atoms with Gasteiger partial charge in [0.25, 0.3) is 0 Å². The molecule has 1 spiro atoms. The van der Waals surface area contributed by atoms with Gasteiger partial charge in [0.15, 0.2) is 9.34 Å². The monoisotopic (exact) mass is 457 g/mol. The molecule has 0 unspecified atom stereocenters. The van der Waals surface area contributed by atoms with E-state index in [0.29, 0.717) is 18.2 Å². The van der Waals surface area contributed by atoms with Crippen molar-refractivity contribution >= 4 is 54.2 Å². The SMILES string of the molecule is Cc1nc(N2CC3(CC3)CN(c3ccc(Br)cc3)C2=O)sc1S(=O)(=O)O. The maximum absolute atomic E-state index is 13.1. The van der Waals surface area contributed by atoms with Crippen LogP contribution in [0, 0.1) is 12.3 Å². The lowest BCUT2D eigenvalue weighted by molar-refractivity contribution is 0.243. The molecule has 4 rings (SSSR count). The van der Waals surface area contributed by atoms with Crippen LogP contribution in [0.25, 0.3) is 0 Å². The molecule has 10 heteroatoms. The predicted molar refractivity (Wildman–Crippen MR) is 103 cm³/mol. The second-order valence-corrected chi connectivity index (χ2v) is 10.3. The highest BCUT2D eigenvalue weighted by Crippen LogP contribution is 2.51. The summed E-state index contributed by atoms with van der Waals surface area (Å²) in [4.78, 5) is 20.6. The van der Waals surface area contributed by atoms with Crippen LogP contribution < -0.4 is 9.80 Å². The number of aryl methyl sites for hydroxylation is 1. The number of halogens is 1. The number of carbonyl (C=O) groups is 1. The van der Waals surface area contributed by atoms with Crippen LogP contribution in [0.5, 0.6) is 0 Å². The van der Waals surface area contributed by atoms with Gasteiger partial charge in [-0.2, -0.15) is 8.42 Å². The summed E-state index contributed by atoms with van der Waals surface area (Å²) >= 11 is 4.22. The summed E-state index contributed by atoms with van der Waals surface area (Å²) < 4.78 is 33.0. The summed E-state index contributed by atoms with van der Waals surface area (Å²) in [6.45, 7) is 2.66. The fraction of sp³-hybridized carbons (Fsp3) is 0.375. The van der Waals surface area contributed by atoms with Gasteiger partial charge in [-0.3, -0.25) is 14.4 Å². The summed E-state index contributed by atoms with van der Waals surface area (Å²) in [6, 6.07) is 7.27. The quantitative estimate of drug-likeness (QED) is 0.709. The Morgan fingerprint density at radius 1 is 1.19 bits per heavy atom. The van der Waals surface area contributed by atoms with E-state index in [9.17, 15) is 17.8 Å². The highest BCUT2D eigenvalue weighted by molar-refractivity contribution is 9.10. The Balaban J connectivity index is 1.72. The fourth-order valence-corrected chi connectivity index (χ4v) is 5.31. The van der Waals surface area contributed by atoms with E-state index in [0.717, 1.165) is 34.3 Å². The number of thiazole rings is 1. The lowest BCUT2D eigenvalue weighted by atomic mass is 10.0. The molecule has 1 N–H and O–H groups in total. The molecule has 2 heterocycles. The number of benzene rings is 1. The van der Waals surface area contributed by atoms with E-state index in [1.54, 1.807) is 4.90 Å². The highest BCUT2D eigenvalue weighted by Gasteiger charge is 2.52. The van der Waals surface area contributed by atoms with Crippen LogP contribution in [0.4, 0.5) is 15.6 Å². The topological polar surface area (TPSA) is 90.8 Å². The Labute approximate surface area is 163 Å². The number of anilines is 2. The first-order chi connectivity index (χ1) is 12.2. The minimum atomic E-state index is -4.35. The van der Waals surface area contributed by atoms with Crippen molar-refractivity contribution in [2.24, 2.45) is 5.41 Å². The minimum absolute atomic E-state index is 0.0127. The number of aromatic nitrogens is 1. The number of rotatable bonds is 3. The molecule has 0 atom stereocenters.